The summed E-state index contributed by atoms with van der Waals surface area (Å²) in [5, 5.41) is 6.99. The number of piperidine rings is 1. The first kappa shape index (κ1) is 14.8. The molecule has 1 aliphatic carbocycles. The van der Waals surface area contributed by atoms with Crippen LogP contribution < -0.4 is 10.6 Å². The van der Waals surface area contributed by atoms with E-state index < -0.39 is 0 Å². The lowest BCUT2D eigenvalue weighted by atomic mass is 10.1. The standard InChI is InChI=1S/C19H22N6/c1-4-15(24-18(5-1)23-14-3-2-8-20-9-14)17-10-22-19-11-21-16(12-25(17)19)13-6-7-13/h1,4-5,10-14,20H,2-3,6-9H2,(H,23,24)/t14-/m1/s1. The smallest absolute Gasteiger partial charge is 0.155 e. The molecule has 0 spiro atoms. The van der Waals surface area contributed by atoms with Crippen molar-refractivity contribution in [2.45, 2.75) is 37.6 Å². The van der Waals surface area contributed by atoms with Gasteiger partial charge in [-0.05, 0) is 44.4 Å². The number of pyridine rings is 1. The zero-order valence-electron chi connectivity index (χ0n) is 14.2. The summed E-state index contributed by atoms with van der Waals surface area (Å²) in [6.45, 7) is 2.11. The van der Waals surface area contributed by atoms with Crippen LogP contribution in [0.4, 0.5) is 5.82 Å². The molecule has 1 saturated carbocycles. The maximum atomic E-state index is 4.83. The molecule has 1 aliphatic heterocycles. The van der Waals surface area contributed by atoms with E-state index in [-0.39, 0.29) is 0 Å². The van der Waals surface area contributed by atoms with E-state index in [1.807, 2.05) is 24.5 Å². The third-order valence-electron chi connectivity index (χ3n) is 5.07. The molecule has 6 heteroatoms. The summed E-state index contributed by atoms with van der Waals surface area (Å²) in [6.07, 6.45) is 10.8. The van der Waals surface area contributed by atoms with Crippen molar-refractivity contribution in [3.8, 4) is 11.4 Å². The van der Waals surface area contributed by atoms with Crippen LogP contribution in [0.2, 0.25) is 0 Å². The Hall–Kier alpha value is -2.47. The molecular weight excluding hydrogens is 312 g/mol. The second-order valence-corrected chi connectivity index (χ2v) is 7.05. The van der Waals surface area contributed by atoms with Crippen LogP contribution in [-0.4, -0.2) is 38.5 Å². The van der Waals surface area contributed by atoms with E-state index in [1.54, 1.807) is 0 Å². The third kappa shape index (κ3) is 2.98. The second-order valence-electron chi connectivity index (χ2n) is 7.05. The van der Waals surface area contributed by atoms with E-state index in [0.29, 0.717) is 12.0 Å². The van der Waals surface area contributed by atoms with Crippen LogP contribution in [0.1, 0.15) is 37.3 Å². The monoisotopic (exact) mass is 334 g/mol. The molecule has 3 aromatic heterocycles. The molecule has 128 valence electrons. The summed E-state index contributed by atoms with van der Waals surface area (Å²) in [5.74, 6) is 1.55. The van der Waals surface area contributed by atoms with E-state index in [2.05, 4.69) is 37.3 Å². The molecule has 0 amide bonds. The summed E-state index contributed by atoms with van der Waals surface area (Å²) in [6, 6.07) is 6.59. The Balaban J connectivity index is 1.47. The molecular formula is C19H22N6. The molecule has 0 unspecified atom stereocenters. The highest BCUT2D eigenvalue weighted by atomic mass is 15.1. The average molecular weight is 334 g/mol. The van der Waals surface area contributed by atoms with Gasteiger partial charge in [0.1, 0.15) is 5.82 Å². The number of hydrogen-bond acceptors (Lipinski definition) is 5. The summed E-state index contributed by atoms with van der Waals surface area (Å²) in [7, 11) is 0. The van der Waals surface area contributed by atoms with Gasteiger partial charge in [-0.3, -0.25) is 9.38 Å². The lowest BCUT2D eigenvalue weighted by molar-refractivity contribution is 0.479. The third-order valence-corrected chi connectivity index (χ3v) is 5.07. The number of nitrogens with zero attached hydrogens (tertiary/aromatic N) is 4. The molecule has 1 atom stereocenters. The number of imidazole rings is 1. The molecule has 3 aromatic rings. The Kier molecular flexibility index (Phi) is 3.63. The van der Waals surface area contributed by atoms with Crippen LogP contribution in [0, 0.1) is 0 Å². The van der Waals surface area contributed by atoms with Crippen molar-refractivity contribution in [2.75, 3.05) is 18.4 Å². The van der Waals surface area contributed by atoms with Crippen molar-refractivity contribution in [2.24, 2.45) is 0 Å². The maximum Gasteiger partial charge on any atom is 0.155 e. The largest absolute Gasteiger partial charge is 0.366 e. The van der Waals surface area contributed by atoms with Gasteiger partial charge >= 0.3 is 0 Å². The Morgan fingerprint density at radius 3 is 2.92 bits per heavy atom. The first-order valence-corrected chi connectivity index (χ1v) is 9.14. The number of rotatable bonds is 4. The topological polar surface area (TPSA) is 67.1 Å². The second kappa shape index (κ2) is 6.11. The molecule has 2 fully saturated rings. The zero-order chi connectivity index (χ0) is 16.6. The molecule has 4 heterocycles. The minimum absolute atomic E-state index is 0.448. The summed E-state index contributed by atoms with van der Waals surface area (Å²) in [4.78, 5) is 13.9. The summed E-state index contributed by atoms with van der Waals surface area (Å²) >= 11 is 0. The fourth-order valence-electron chi connectivity index (χ4n) is 3.53. The fraction of sp³-hybridized carbons (Fsp3) is 0.421. The van der Waals surface area contributed by atoms with E-state index >= 15 is 0 Å². The van der Waals surface area contributed by atoms with Crippen LogP contribution in [0.25, 0.3) is 17.0 Å². The van der Waals surface area contributed by atoms with Crippen LogP contribution in [0.3, 0.4) is 0 Å². The minimum atomic E-state index is 0.448. The predicted molar refractivity (Wildman–Crippen MR) is 97.7 cm³/mol. The number of hydrogen-bond donors (Lipinski definition) is 2. The molecule has 0 radical (unpaired) electrons. The van der Waals surface area contributed by atoms with Crippen LogP contribution in [-0.2, 0) is 0 Å². The molecule has 2 N–H and O–H groups in total. The molecule has 6 nitrogen and oxygen atoms in total. The van der Waals surface area contributed by atoms with Gasteiger partial charge in [-0.15, -0.1) is 0 Å². The van der Waals surface area contributed by atoms with Crippen molar-refractivity contribution in [1.82, 2.24) is 24.7 Å². The van der Waals surface area contributed by atoms with Gasteiger partial charge in [0, 0.05) is 24.7 Å². The average Bonchev–Trinajstić information content (AvgIpc) is 3.42. The molecule has 25 heavy (non-hydrogen) atoms. The van der Waals surface area contributed by atoms with Gasteiger partial charge in [0.05, 0.1) is 29.5 Å². The van der Waals surface area contributed by atoms with Crippen molar-refractivity contribution in [3.05, 3.63) is 42.5 Å². The first-order valence-electron chi connectivity index (χ1n) is 9.14. The van der Waals surface area contributed by atoms with E-state index in [0.717, 1.165) is 41.6 Å². The highest BCUT2D eigenvalue weighted by Crippen LogP contribution is 2.39. The Labute approximate surface area is 146 Å². The van der Waals surface area contributed by atoms with Crippen molar-refractivity contribution in [3.63, 3.8) is 0 Å². The van der Waals surface area contributed by atoms with Gasteiger partial charge in [-0.25, -0.2) is 9.97 Å². The zero-order valence-corrected chi connectivity index (χ0v) is 14.2. The number of aromatic nitrogens is 4. The Bertz CT molecular complexity index is 892. The van der Waals surface area contributed by atoms with Gasteiger partial charge in [-0.1, -0.05) is 6.07 Å². The maximum absolute atomic E-state index is 4.83. The lowest BCUT2D eigenvalue weighted by Crippen LogP contribution is -2.38. The molecule has 5 rings (SSSR count). The summed E-state index contributed by atoms with van der Waals surface area (Å²) in [5.41, 5.74) is 3.99. The quantitative estimate of drug-likeness (QED) is 0.768. The van der Waals surface area contributed by atoms with Crippen molar-refractivity contribution in [1.29, 1.82) is 0 Å². The highest BCUT2D eigenvalue weighted by molar-refractivity contribution is 5.61. The molecule has 2 aliphatic rings. The van der Waals surface area contributed by atoms with Gasteiger partial charge in [0.15, 0.2) is 5.65 Å². The fourth-order valence-corrected chi connectivity index (χ4v) is 3.53. The van der Waals surface area contributed by atoms with Gasteiger partial charge in [0.25, 0.3) is 0 Å². The van der Waals surface area contributed by atoms with E-state index in [4.69, 9.17) is 4.98 Å². The van der Waals surface area contributed by atoms with Gasteiger partial charge in [0.2, 0.25) is 0 Å². The molecule has 0 aromatic carbocycles. The number of anilines is 1. The number of nitrogens with one attached hydrogen (secondary N) is 2. The summed E-state index contributed by atoms with van der Waals surface area (Å²) < 4.78 is 2.12. The van der Waals surface area contributed by atoms with Crippen molar-refractivity contribution < 1.29 is 0 Å². The normalized spacial score (nSPS) is 20.7. The van der Waals surface area contributed by atoms with Crippen LogP contribution in [0.15, 0.2) is 36.8 Å². The van der Waals surface area contributed by atoms with Crippen molar-refractivity contribution >= 4 is 11.5 Å². The molecule has 0 bridgehead atoms. The van der Waals surface area contributed by atoms with Crippen LogP contribution >= 0.6 is 0 Å². The van der Waals surface area contributed by atoms with Crippen LogP contribution in [0.5, 0.6) is 0 Å². The SMILES string of the molecule is c1cc(N[C@@H]2CCCNC2)nc(-c2cnc3cnc(C4CC4)cn23)c1. The van der Waals surface area contributed by atoms with E-state index in [9.17, 15) is 0 Å². The van der Waals surface area contributed by atoms with E-state index in [1.165, 1.54) is 25.7 Å². The highest BCUT2D eigenvalue weighted by Gasteiger charge is 2.25. The van der Waals surface area contributed by atoms with Gasteiger partial charge in [-0.2, -0.15) is 0 Å². The first-order chi connectivity index (χ1) is 12.4. The van der Waals surface area contributed by atoms with Gasteiger partial charge < -0.3 is 10.6 Å². The Morgan fingerprint density at radius 1 is 1.12 bits per heavy atom. The predicted octanol–water partition coefficient (Wildman–Crippen LogP) is 2.83. The minimum Gasteiger partial charge on any atom is -0.366 e. The Morgan fingerprint density at radius 2 is 2.08 bits per heavy atom. The lowest BCUT2D eigenvalue weighted by Gasteiger charge is -2.24. The molecule has 1 saturated heterocycles. The number of fused-ring (bicyclic) bond motifs is 1.